The highest BCUT2D eigenvalue weighted by Gasteiger charge is 2.29. The quantitative estimate of drug-likeness (QED) is 0.807. The Morgan fingerprint density at radius 3 is 1.86 bits per heavy atom. The van der Waals surface area contributed by atoms with Gasteiger partial charge in [-0.2, -0.15) is 0 Å². The highest BCUT2D eigenvalue weighted by Crippen LogP contribution is 2.19. The first kappa shape index (κ1) is 23.4. The third kappa shape index (κ3) is 11.8. The summed E-state index contributed by atoms with van der Waals surface area (Å²) in [6, 6.07) is -0.362. The van der Waals surface area contributed by atoms with Crippen molar-refractivity contribution in [3.05, 3.63) is 0 Å². The van der Waals surface area contributed by atoms with Gasteiger partial charge in [-0.25, -0.2) is 17.9 Å². The van der Waals surface area contributed by atoms with Crippen LogP contribution < -0.4 is 10.0 Å². The van der Waals surface area contributed by atoms with Crippen molar-refractivity contribution in [2.24, 2.45) is 5.41 Å². The third-order valence-electron chi connectivity index (χ3n) is 2.62. The SMILES string of the molecule is CC.CCS(=O)(=O)NCC(NC(=O)OC(C)(C)C)C(C)(C)C. The van der Waals surface area contributed by atoms with Crippen LogP contribution in [0.15, 0.2) is 0 Å². The van der Waals surface area contributed by atoms with Crippen LogP contribution in [-0.2, 0) is 14.8 Å². The summed E-state index contributed by atoms with van der Waals surface area (Å²) in [6.45, 7) is 16.8. The number of nitrogens with one attached hydrogen (secondary N) is 2. The molecular formula is C15H34N2O4S. The Bertz CT molecular complexity index is 420. The summed E-state index contributed by atoms with van der Waals surface area (Å²) in [5.41, 5.74) is -0.886. The van der Waals surface area contributed by atoms with E-state index in [0.29, 0.717) is 0 Å². The number of amides is 1. The highest BCUT2D eigenvalue weighted by atomic mass is 32.2. The molecule has 0 fully saturated rings. The zero-order valence-electron chi connectivity index (χ0n) is 15.5. The number of hydrogen-bond acceptors (Lipinski definition) is 4. The third-order valence-corrected chi connectivity index (χ3v) is 3.99. The van der Waals surface area contributed by atoms with Crippen LogP contribution in [0, 0.1) is 5.41 Å². The number of alkyl carbamates (subject to hydrolysis) is 1. The van der Waals surface area contributed by atoms with Crippen molar-refractivity contribution >= 4 is 16.1 Å². The maximum absolute atomic E-state index is 11.8. The Labute approximate surface area is 136 Å². The fourth-order valence-corrected chi connectivity index (χ4v) is 1.96. The average molecular weight is 339 g/mol. The van der Waals surface area contributed by atoms with Gasteiger partial charge < -0.3 is 10.1 Å². The molecule has 0 bridgehead atoms. The number of ether oxygens (including phenoxy) is 1. The highest BCUT2D eigenvalue weighted by molar-refractivity contribution is 7.89. The van der Waals surface area contributed by atoms with Crippen LogP contribution >= 0.6 is 0 Å². The van der Waals surface area contributed by atoms with Gasteiger partial charge in [-0.1, -0.05) is 34.6 Å². The van der Waals surface area contributed by atoms with Gasteiger partial charge in [-0.05, 0) is 33.1 Å². The summed E-state index contributed by atoms with van der Waals surface area (Å²) in [7, 11) is -3.29. The number of carbonyl (C=O) groups is 1. The molecule has 0 aliphatic heterocycles. The predicted molar refractivity (Wildman–Crippen MR) is 91.4 cm³/mol. The molecule has 7 heteroatoms. The van der Waals surface area contributed by atoms with Crippen molar-refractivity contribution in [3.63, 3.8) is 0 Å². The Kier molecular flexibility index (Phi) is 9.96. The lowest BCUT2D eigenvalue weighted by Crippen LogP contribution is -2.51. The van der Waals surface area contributed by atoms with Gasteiger partial charge in [0.25, 0.3) is 0 Å². The molecule has 0 rings (SSSR count). The van der Waals surface area contributed by atoms with E-state index in [0.717, 1.165) is 0 Å². The van der Waals surface area contributed by atoms with E-state index in [1.54, 1.807) is 27.7 Å². The Morgan fingerprint density at radius 2 is 1.55 bits per heavy atom. The molecule has 0 spiro atoms. The molecule has 0 heterocycles. The molecule has 1 unspecified atom stereocenters. The Balaban J connectivity index is 0. The van der Waals surface area contributed by atoms with E-state index < -0.39 is 21.7 Å². The van der Waals surface area contributed by atoms with Crippen LogP contribution in [0.5, 0.6) is 0 Å². The van der Waals surface area contributed by atoms with Gasteiger partial charge >= 0.3 is 6.09 Å². The van der Waals surface area contributed by atoms with Crippen LogP contribution in [0.3, 0.4) is 0 Å². The normalized spacial score (nSPS) is 13.7. The van der Waals surface area contributed by atoms with Crippen molar-refractivity contribution in [1.82, 2.24) is 10.0 Å². The predicted octanol–water partition coefficient (Wildman–Crippen LogP) is 2.89. The first-order valence-corrected chi connectivity index (χ1v) is 9.39. The van der Waals surface area contributed by atoms with Gasteiger partial charge in [-0.15, -0.1) is 0 Å². The second-order valence-electron chi connectivity index (χ2n) is 6.82. The maximum Gasteiger partial charge on any atom is 0.407 e. The van der Waals surface area contributed by atoms with Crippen molar-refractivity contribution in [1.29, 1.82) is 0 Å². The van der Waals surface area contributed by atoms with Crippen LogP contribution in [0.4, 0.5) is 4.79 Å². The minimum Gasteiger partial charge on any atom is -0.444 e. The molecule has 0 saturated heterocycles. The van der Waals surface area contributed by atoms with Crippen molar-refractivity contribution in [2.75, 3.05) is 12.3 Å². The summed E-state index contributed by atoms with van der Waals surface area (Å²) in [6.07, 6.45) is -0.548. The molecule has 22 heavy (non-hydrogen) atoms. The largest absolute Gasteiger partial charge is 0.444 e. The average Bonchev–Trinajstić information content (AvgIpc) is 2.33. The number of rotatable bonds is 5. The lowest BCUT2D eigenvalue weighted by molar-refractivity contribution is 0.0466. The molecule has 0 saturated carbocycles. The first-order valence-electron chi connectivity index (χ1n) is 7.73. The van der Waals surface area contributed by atoms with E-state index in [4.69, 9.17) is 4.74 Å². The molecule has 0 aromatic heterocycles. The van der Waals surface area contributed by atoms with Crippen molar-refractivity contribution in [3.8, 4) is 0 Å². The topological polar surface area (TPSA) is 84.5 Å². The molecule has 0 aliphatic carbocycles. The number of hydrogen-bond donors (Lipinski definition) is 2. The van der Waals surface area contributed by atoms with Crippen LogP contribution in [-0.4, -0.2) is 38.5 Å². The van der Waals surface area contributed by atoms with E-state index in [9.17, 15) is 13.2 Å². The Morgan fingerprint density at radius 1 is 1.09 bits per heavy atom. The van der Waals surface area contributed by atoms with Crippen LogP contribution in [0.1, 0.15) is 62.3 Å². The summed E-state index contributed by atoms with van der Waals surface area (Å²) < 4.78 is 30.7. The number of sulfonamides is 1. The fourth-order valence-electron chi connectivity index (χ4n) is 1.34. The van der Waals surface area contributed by atoms with Crippen molar-refractivity contribution in [2.45, 2.75) is 74.0 Å². The second-order valence-corrected chi connectivity index (χ2v) is 8.91. The van der Waals surface area contributed by atoms with Gasteiger partial charge in [0.2, 0.25) is 10.0 Å². The van der Waals surface area contributed by atoms with Gasteiger partial charge in [0.05, 0.1) is 11.8 Å². The van der Waals surface area contributed by atoms with Gasteiger partial charge in [0.15, 0.2) is 0 Å². The minimum absolute atomic E-state index is 0.0102. The molecule has 0 aromatic rings. The molecule has 1 amide bonds. The zero-order chi connectivity index (χ0) is 18.2. The lowest BCUT2D eigenvalue weighted by Gasteiger charge is -2.32. The van der Waals surface area contributed by atoms with Crippen LogP contribution in [0.25, 0.3) is 0 Å². The molecule has 2 N–H and O–H groups in total. The lowest BCUT2D eigenvalue weighted by atomic mass is 9.87. The molecule has 0 aromatic carbocycles. The van der Waals surface area contributed by atoms with E-state index in [-0.39, 0.29) is 23.8 Å². The Hall–Kier alpha value is -0.820. The second kappa shape index (κ2) is 9.35. The van der Waals surface area contributed by atoms with Crippen LogP contribution in [0.2, 0.25) is 0 Å². The van der Waals surface area contributed by atoms with Gasteiger partial charge in [-0.3, -0.25) is 0 Å². The minimum atomic E-state index is -3.29. The summed E-state index contributed by atoms with van der Waals surface area (Å²) in [5, 5.41) is 2.72. The molecule has 0 aliphatic rings. The summed E-state index contributed by atoms with van der Waals surface area (Å²) >= 11 is 0. The molecule has 134 valence electrons. The van der Waals surface area contributed by atoms with E-state index >= 15 is 0 Å². The smallest absolute Gasteiger partial charge is 0.407 e. The maximum atomic E-state index is 11.8. The number of carbonyl (C=O) groups excluding carboxylic acids is 1. The monoisotopic (exact) mass is 338 g/mol. The standard InChI is InChI=1S/C13H28N2O4S.C2H6/c1-8-20(17,18)14-9-10(12(2,3)4)15-11(16)19-13(5,6)7;1-2/h10,14H,8-9H2,1-7H3,(H,15,16);1-2H3. The van der Waals surface area contributed by atoms with Crippen molar-refractivity contribution < 1.29 is 17.9 Å². The molecule has 0 radical (unpaired) electrons. The molecule has 6 nitrogen and oxygen atoms in total. The van der Waals surface area contributed by atoms with Gasteiger partial charge in [0, 0.05) is 6.54 Å². The molecule has 1 atom stereocenters. The van der Waals surface area contributed by atoms with E-state index in [1.807, 2.05) is 34.6 Å². The van der Waals surface area contributed by atoms with Gasteiger partial charge in [0.1, 0.15) is 5.60 Å². The molecular weight excluding hydrogens is 304 g/mol. The van der Waals surface area contributed by atoms with E-state index in [2.05, 4.69) is 10.0 Å². The summed E-state index contributed by atoms with van der Waals surface area (Å²) in [5.74, 6) is 0.0102. The zero-order valence-corrected chi connectivity index (χ0v) is 16.3. The van der Waals surface area contributed by atoms with E-state index in [1.165, 1.54) is 0 Å². The summed E-state index contributed by atoms with van der Waals surface area (Å²) in [4.78, 5) is 11.8. The fraction of sp³-hybridized carbons (Fsp3) is 0.933. The first-order chi connectivity index (χ1) is 9.77.